The van der Waals surface area contributed by atoms with Gasteiger partial charge in [-0.3, -0.25) is 0 Å². The summed E-state index contributed by atoms with van der Waals surface area (Å²) in [6.07, 6.45) is 7.33. The molecule has 0 bridgehead atoms. The summed E-state index contributed by atoms with van der Waals surface area (Å²) < 4.78 is 0. The minimum atomic E-state index is 0.606. The van der Waals surface area contributed by atoms with Crippen molar-refractivity contribution in [2.45, 2.75) is 66.7 Å². The maximum Gasteiger partial charge on any atom is -0.0323 e. The SMILES string of the molecule is CC1CCC2C(C1)C(C)(C)CCC2(C)C. The molecule has 2 saturated carbocycles. The Labute approximate surface area is 95.8 Å². The topological polar surface area (TPSA) is 0 Å². The van der Waals surface area contributed by atoms with E-state index in [9.17, 15) is 0 Å². The third-order valence-corrected chi connectivity index (χ3v) is 5.53. The first-order valence-electron chi connectivity index (χ1n) is 6.83. The Morgan fingerprint density at radius 3 is 1.93 bits per heavy atom. The molecule has 0 radical (unpaired) electrons. The van der Waals surface area contributed by atoms with Crippen LogP contribution in [0.2, 0.25) is 0 Å². The molecular formula is C15H28. The molecule has 0 amide bonds. The van der Waals surface area contributed by atoms with Crippen LogP contribution >= 0.6 is 0 Å². The van der Waals surface area contributed by atoms with Crippen molar-refractivity contribution in [2.24, 2.45) is 28.6 Å². The van der Waals surface area contributed by atoms with Crippen LogP contribution in [-0.2, 0) is 0 Å². The summed E-state index contributed by atoms with van der Waals surface area (Å²) in [7, 11) is 0. The first-order valence-corrected chi connectivity index (χ1v) is 6.83. The zero-order valence-electron chi connectivity index (χ0n) is 11.3. The van der Waals surface area contributed by atoms with Gasteiger partial charge in [-0.2, -0.15) is 0 Å². The van der Waals surface area contributed by atoms with Gasteiger partial charge in [0.2, 0.25) is 0 Å². The van der Waals surface area contributed by atoms with Gasteiger partial charge in [-0.05, 0) is 54.3 Å². The van der Waals surface area contributed by atoms with E-state index in [1.165, 1.54) is 32.1 Å². The lowest BCUT2D eigenvalue weighted by Crippen LogP contribution is -2.46. The van der Waals surface area contributed by atoms with E-state index in [2.05, 4.69) is 34.6 Å². The molecule has 2 rings (SSSR count). The summed E-state index contributed by atoms with van der Waals surface area (Å²) in [4.78, 5) is 0. The largest absolute Gasteiger partial charge is 0.0625 e. The third kappa shape index (κ3) is 1.97. The summed E-state index contributed by atoms with van der Waals surface area (Å²) in [6, 6.07) is 0. The zero-order chi connectivity index (χ0) is 11.3. The molecular weight excluding hydrogens is 180 g/mol. The van der Waals surface area contributed by atoms with Gasteiger partial charge in [0.15, 0.2) is 0 Å². The van der Waals surface area contributed by atoms with Crippen molar-refractivity contribution in [2.75, 3.05) is 0 Å². The van der Waals surface area contributed by atoms with E-state index in [1.807, 2.05) is 0 Å². The summed E-state index contributed by atoms with van der Waals surface area (Å²) >= 11 is 0. The number of hydrogen-bond acceptors (Lipinski definition) is 0. The van der Waals surface area contributed by atoms with Crippen molar-refractivity contribution in [3.8, 4) is 0 Å². The van der Waals surface area contributed by atoms with E-state index in [4.69, 9.17) is 0 Å². The fraction of sp³-hybridized carbons (Fsp3) is 1.00. The minimum Gasteiger partial charge on any atom is -0.0625 e. The molecule has 2 aliphatic rings. The molecule has 0 aromatic rings. The first-order chi connectivity index (χ1) is 6.83. The van der Waals surface area contributed by atoms with Crippen LogP contribution in [0.25, 0.3) is 0 Å². The van der Waals surface area contributed by atoms with Gasteiger partial charge in [-0.25, -0.2) is 0 Å². The average Bonchev–Trinajstić information content (AvgIpc) is 2.13. The lowest BCUT2D eigenvalue weighted by Gasteiger charge is -2.55. The molecule has 88 valence electrons. The normalized spacial score (nSPS) is 43.4. The van der Waals surface area contributed by atoms with E-state index < -0.39 is 0 Å². The Hall–Kier alpha value is 0. The molecule has 3 unspecified atom stereocenters. The van der Waals surface area contributed by atoms with Crippen molar-refractivity contribution in [1.82, 2.24) is 0 Å². The summed E-state index contributed by atoms with van der Waals surface area (Å²) in [5.41, 5.74) is 1.22. The van der Waals surface area contributed by atoms with Gasteiger partial charge in [0.25, 0.3) is 0 Å². The fourth-order valence-corrected chi connectivity index (χ4v) is 4.20. The third-order valence-electron chi connectivity index (χ3n) is 5.53. The standard InChI is InChI=1S/C15H28/c1-11-6-7-12-13(10-11)15(4,5)9-8-14(12,2)3/h11-13H,6-10H2,1-5H3. The Bertz CT molecular complexity index is 236. The van der Waals surface area contributed by atoms with Crippen molar-refractivity contribution in [3.05, 3.63) is 0 Å². The van der Waals surface area contributed by atoms with Gasteiger partial charge in [0.05, 0.1) is 0 Å². The molecule has 15 heavy (non-hydrogen) atoms. The van der Waals surface area contributed by atoms with Crippen LogP contribution in [0.3, 0.4) is 0 Å². The second-order valence-electron chi connectivity index (χ2n) is 7.61. The molecule has 0 saturated heterocycles. The maximum atomic E-state index is 2.51. The second-order valence-corrected chi connectivity index (χ2v) is 7.61. The average molecular weight is 208 g/mol. The van der Waals surface area contributed by atoms with Gasteiger partial charge in [0, 0.05) is 0 Å². The molecule has 0 spiro atoms. The Morgan fingerprint density at radius 2 is 1.33 bits per heavy atom. The predicted molar refractivity (Wildman–Crippen MR) is 66.8 cm³/mol. The van der Waals surface area contributed by atoms with Crippen LogP contribution in [0.4, 0.5) is 0 Å². The molecule has 0 heteroatoms. The van der Waals surface area contributed by atoms with E-state index >= 15 is 0 Å². The van der Waals surface area contributed by atoms with E-state index in [0.29, 0.717) is 10.8 Å². The van der Waals surface area contributed by atoms with Crippen molar-refractivity contribution in [1.29, 1.82) is 0 Å². The van der Waals surface area contributed by atoms with Crippen LogP contribution < -0.4 is 0 Å². The van der Waals surface area contributed by atoms with Gasteiger partial charge >= 0.3 is 0 Å². The Kier molecular flexibility index (Phi) is 2.68. The van der Waals surface area contributed by atoms with Gasteiger partial charge < -0.3 is 0 Å². The predicted octanol–water partition coefficient (Wildman–Crippen LogP) is 4.89. The minimum absolute atomic E-state index is 0.606. The van der Waals surface area contributed by atoms with Gasteiger partial charge in [-0.15, -0.1) is 0 Å². The number of fused-ring (bicyclic) bond motifs is 1. The van der Waals surface area contributed by atoms with Crippen molar-refractivity contribution < 1.29 is 0 Å². The van der Waals surface area contributed by atoms with Crippen LogP contribution in [0.15, 0.2) is 0 Å². The Morgan fingerprint density at radius 1 is 0.800 bits per heavy atom. The first kappa shape index (κ1) is 11.5. The Balaban J connectivity index is 2.23. The highest BCUT2D eigenvalue weighted by atomic mass is 14.5. The highest BCUT2D eigenvalue weighted by Gasteiger charge is 2.48. The highest BCUT2D eigenvalue weighted by molar-refractivity contribution is 4.98. The molecule has 0 nitrogen and oxygen atoms in total. The zero-order valence-corrected chi connectivity index (χ0v) is 11.3. The summed E-state index contributed by atoms with van der Waals surface area (Å²) in [6.45, 7) is 12.5. The van der Waals surface area contributed by atoms with E-state index in [1.54, 1.807) is 0 Å². The van der Waals surface area contributed by atoms with Crippen molar-refractivity contribution >= 4 is 0 Å². The van der Waals surface area contributed by atoms with Crippen LogP contribution in [0.5, 0.6) is 0 Å². The maximum absolute atomic E-state index is 2.51. The quantitative estimate of drug-likeness (QED) is 0.532. The van der Waals surface area contributed by atoms with E-state index in [-0.39, 0.29) is 0 Å². The molecule has 2 aliphatic carbocycles. The molecule has 0 aromatic carbocycles. The summed E-state index contributed by atoms with van der Waals surface area (Å²) in [5, 5.41) is 0. The van der Waals surface area contributed by atoms with Crippen LogP contribution in [0.1, 0.15) is 66.7 Å². The highest BCUT2D eigenvalue weighted by Crippen LogP contribution is 2.58. The second kappa shape index (κ2) is 3.50. The number of rotatable bonds is 0. The summed E-state index contributed by atoms with van der Waals surface area (Å²) in [5.74, 6) is 2.96. The van der Waals surface area contributed by atoms with Crippen LogP contribution in [0, 0.1) is 28.6 Å². The van der Waals surface area contributed by atoms with Crippen LogP contribution in [-0.4, -0.2) is 0 Å². The molecule has 0 aromatic heterocycles. The van der Waals surface area contributed by atoms with Gasteiger partial charge in [0.1, 0.15) is 0 Å². The monoisotopic (exact) mass is 208 g/mol. The van der Waals surface area contributed by atoms with Crippen molar-refractivity contribution in [3.63, 3.8) is 0 Å². The molecule has 0 N–H and O–H groups in total. The molecule has 0 aliphatic heterocycles. The lowest BCUT2D eigenvalue weighted by molar-refractivity contribution is -0.0565. The fourth-order valence-electron chi connectivity index (χ4n) is 4.20. The molecule has 0 heterocycles. The molecule has 3 atom stereocenters. The number of hydrogen-bond donors (Lipinski definition) is 0. The van der Waals surface area contributed by atoms with Gasteiger partial charge in [-0.1, -0.05) is 41.0 Å². The lowest BCUT2D eigenvalue weighted by atomic mass is 9.50. The smallest absolute Gasteiger partial charge is 0.0323 e. The van der Waals surface area contributed by atoms with E-state index in [0.717, 1.165) is 17.8 Å². The molecule has 2 fully saturated rings.